The molecule has 0 saturated carbocycles. The topological polar surface area (TPSA) is 29.1 Å². The molecule has 1 aliphatic heterocycles. The Labute approximate surface area is 64.8 Å². The van der Waals surface area contributed by atoms with Gasteiger partial charge in [0.05, 0.1) is 0 Å². The van der Waals surface area contributed by atoms with Gasteiger partial charge in [-0.05, 0) is 19.4 Å². The molecule has 60 valence electrons. The lowest BCUT2D eigenvalue weighted by atomic mass is 10.1. The second-order valence-electron chi connectivity index (χ2n) is 2.89. The summed E-state index contributed by atoms with van der Waals surface area (Å²) in [4.78, 5) is 0. The first kappa shape index (κ1) is 8.21. The van der Waals surface area contributed by atoms with Crippen LogP contribution in [0, 0.1) is 0 Å². The summed E-state index contributed by atoms with van der Waals surface area (Å²) in [5, 5.41) is 3.36. The maximum Gasteiger partial charge on any atom is 0.0385 e. The van der Waals surface area contributed by atoms with Crippen LogP contribution in [0.1, 0.15) is 19.3 Å². The molecule has 0 aromatic heterocycles. The lowest BCUT2D eigenvalue weighted by Crippen LogP contribution is -2.37. The Kier molecular flexibility index (Phi) is 3.35. The van der Waals surface area contributed by atoms with Crippen LogP contribution in [0.5, 0.6) is 0 Å². The molecule has 1 heterocycles. The number of piperidine rings is 1. The highest BCUT2D eigenvalue weighted by molar-refractivity contribution is 7.84. The highest BCUT2D eigenvalue weighted by Crippen LogP contribution is 2.06. The Balaban J connectivity index is 2.19. The van der Waals surface area contributed by atoms with Crippen LogP contribution >= 0.6 is 0 Å². The van der Waals surface area contributed by atoms with Crippen LogP contribution in [-0.2, 0) is 10.8 Å². The summed E-state index contributed by atoms with van der Waals surface area (Å²) in [5.74, 6) is 0.833. The average molecular weight is 161 g/mol. The molecule has 1 saturated heterocycles. The first-order valence-corrected chi connectivity index (χ1v) is 5.55. The van der Waals surface area contributed by atoms with Crippen LogP contribution < -0.4 is 5.32 Å². The molecule has 0 bridgehead atoms. The first-order chi connectivity index (χ1) is 4.79. The zero-order chi connectivity index (χ0) is 7.40. The first-order valence-electron chi connectivity index (χ1n) is 3.82. The van der Waals surface area contributed by atoms with Crippen molar-refractivity contribution >= 4 is 10.8 Å². The summed E-state index contributed by atoms with van der Waals surface area (Å²) in [6, 6.07) is 0.527. The number of hydrogen-bond donors (Lipinski definition) is 1. The van der Waals surface area contributed by atoms with Crippen molar-refractivity contribution in [1.29, 1.82) is 0 Å². The van der Waals surface area contributed by atoms with E-state index in [0.29, 0.717) is 6.04 Å². The molecule has 2 nitrogen and oxygen atoms in total. The van der Waals surface area contributed by atoms with E-state index >= 15 is 0 Å². The van der Waals surface area contributed by atoms with Crippen molar-refractivity contribution in [3.63, 3.8) is 0 Å². The van der Waals surface area contributed by atoms with E-state index in [1.807, 2.05) is 0 Å². The normalized spacial score (nSPS) is 29.9. The van der Waals surface area contributed by atoms with Gasteiger partial charge >= 0.3 is 0 Å². The highest BCUT2D eigenvalue weighted by Gasteiger charge is 2.12. The molecule has 3 heteroatoms. The molecule has 0 aliphatic carbocycles. The highest BCUT2D eigenvalue weighted by atomic mass is 32.2. The fourth-order valence-electron chi connectivity index (χ4n) is 1.35. The largest absolute Gasteiger partial charge is 0.313 e. The molecule has 2 unspecified atom stereocenters. The molecule has 0 amide bonds. The molecule has 1 N–H and O–H groups in total. The van der Waals surface area contributed by atoms with Gasteiger partial charge in [-0.15, -0.1) is 0 Å². The molecule has 10 heavy (non-hydrogen) atoms. The molecular formula is C7H15NOS. The van der Waals surface area contributed by atoms with Gasteiger partial charge in [-0.25, -0.2) is 0 Å². The summed E-state index contributed by atoms with van der Waals surface area (Å²) in [5.41, 5.74) is 0. The maximum atomic E-state index is 10.8. The Hall–Kier alpha value is 0.110. The molecule has 0 aromatic carbocycles. The lowest BCUT2D eigenvalue weighted by Gasteiger charge is -2.21. The van der Waals surface area contributed by atoms with E-state index in [2.05, 4.69) is 5.32 Å². The second-order valence-corrected chi connectivity index (χ2v) is 4.37. The fraction of sp³-hybridized carbons (Fsp3) is 1.00. The van der Waals surface area contributed by atoms with Crippen LogP contribution in [-0.4, -0.2) is 28.8 Å². The average Bonchev–Trinajstić information content (AvgIpc) is 1.88. The molecule has 1 fully saturated rings. The number of rotatable bonds is 2. The number of nitrogens with one attached hydrogen (secondary N) is 1. The van der Waals surface area contributed by atoms with Gasteiger partial charge in [0.15, 0.2) is 0 Å². The quantitative estimate of drug-likeness (QED) is 0.639. The minimum atomic E-state index is -0.626. The summed E-state index contributed by atoms with van der Waals surface area (Å²) in [7, 11) is -0.626. The van der Waals surface area contributed by atoms with Crippen LogP contribution in [0.2, 0.25) is 0 Å². The van der Waals surface area contributed by atoms with Gasteiger partial charge in [0.25, 0.3) is 0 Å². The van der Waals surface area contributed by atoms with Crippen molar-refractivity contribution in [2.24, 2.45) is 0 Å². The van der Waals surface area contributed by atoms with Crippen LogP contribution in [0.25, 0.3) is 0 Å². The molecule has 1 rings (SSSR count). The van der Waals surface area contributed by atoms with Crippen molar-refractivity contribution in [2.45, 2.75) is 25.3 Å². The Bertz CT molecular complexity index is 121. The third kappa shape index (κ3) is 2.80. The zero-order valence-corrected chi connectivity index (χ0v) is 7.25. The zero-order valence-electron chi connectivity index (χ0n) is 6.43. The molecule has 0 spiro atoms. The monoisotopic (exact) mass is 161 g/mol. The van der Waals surface area contributed by atoms with Crippen molar-refractivity contribution in [3.05, 3.63) is 0 Å². The van der Waals surface area contributed by atoms with Crippen LogP contribution in [0.15, 0.2) is 0 Å². The fourth-order valence-corrected chi connectivity index (χ4v) is 2.20. The van der Waals surface area contributed by atoms with E-state index in [-0.39, 0.29) is 0 Å². The van der Waals surface area contributed by atoms with Crippen molar-refractivity contribution in [3.8, 4) is 0 Å². The van der Waals surface area contributed by atoms with E-state index in [4.69, 9.17) is 0 Å². The predicted octanol–water partition coefficient (Wildman–Crippen LogP) is 0.507. The Morgan fingerprint density at radius 1 is 1.60 bits per heavy atom. The summed E-state index contributed by atoms with van der Waals surface area (Å²) >= 11 is 0. The standard InChI is InChI=1S/C7H15NOS/c1-10(9)6-7-4-2-3-5-8-7/h7-8H,2-6H2,1H3. The summed E-state index contributed by atoms with van der Waals surface area (Å²) in [6.07, 6.45) is 5.57. The Morgan fingerprint density at radius 2 is 2.40 bits per heavy atom. The third-order valence-electron chi connectivity index (χ3n) is 1.85. The summed E-state index contributed by atoms with van der Waals surface area (Å²) in [6.45, 7) is 1.11. The van der Waals surface area contributed by atoms with Gasteiger partial charge < -0.3 is 5.32 Å². The SMILES string of the molecule is CS(=O)CC1CCCCN1. The van der Waals surface area contributed by atoms with Gasteiger partial charge in [0.1, 0.15) is 0 Å². The van der Waals surface area contributed by atoms with E-state index in [0.717, 1.165) is 12.3 Å². The molecule has 2 atom stereocenters. The minimum absolute atomic E-state index is 0.527. The van der Waals surface area contributed by atoms with Gasteiger partial charge in [0.2, 0.25) is 0 Å². The van der Waals surface area contributed by atoms with Gasteiger partial charge in [-0.3, -0.25) is 4.21 Å². The molecular weight excluding hydrogens is 146 g/mol. The molecule has 0 aromatic rings. The number of hydrogen-bond acceptors (Lipinski definition) is 2. The van der Waals surface area contributed by atoms with Gasteiger partial charge in [0, 0.05) is 28.9 Å². The summed E-state index contributed by atoms with van der Waals surface area (Å²) < 4.78 is 10.8. The van der Waals surface area contributed by atoms with Crippen molar-refractivity contribution < 1.29 is 4.21 Å². The van der Waals surface area contributed by atoms with E-state index in [1.165, 1.54) is 19.3 Å². The maximum absolute atomic E-state index is 10.8. The van der Waals surface area contributed by atoms with Crippen LogP contribution in [0.4, 0.5) is 0 Å². The minimum Gasteiger partial charge on any atom is -0.313 e. The van der Waals surface area contributed by atoms with Gasteiger partial charge in [-0.2, -0.15) is 0 Å². The van der Waals surface area contributed by atoms with E-state index in [9.17, 15) is 4.21 Å². The third-order valence-corrected chi connectivity index (χ3v) is 2.72. The van der Waals surface area contributed by atoms with Crippen molar-refractivity contribution in [1.82, 2.24) is 5.32 Å². The van der Waals surface area contributed by atoms with Crippen LogP contribution in [0.3, 0.4) is 0 Å². The second kappa shape index (κ2) is 4.09. The van der Waals surface area contributed by atoms with Crippen molar-refractivity contribution in [2.75, 3.05) is 18.6 Å². The smallest absolute Gasteiger partial charge is 0.0385 e. The molecule has 1 aliphatic rings. The lowest BCUT2D eigenvalue weighted by molar-refractivity contribution is 0.428. The molecule has 0 radical (unpaired) electrons. The van der Waals surface area contributed by atoms with Gasteiger partial charge in [-0.1, -0.05) is 6.42 Å². The Morgan fingerprint density at radius 3 is 2.90 bits per heavy atom. The van der Waals surface area contributed by atoms with E-state index < -0.39 is 10.8 Å². The predicted molar refractivity (Wildman–Crippen MR) is 44.6 cm³/mol. The van der Waals surface area contributed by atoms with E-state index in [1.54, 1.807) is 6.26 Å².